The van der Waals surface area contributed by atoms with E-state index in [-0.39, 0.29) is 42.6 Å². The molecule has 37 heavy (non-hydrogen) atoms. The van der Waals surface area contributed by atoms with Crippen molar-refractivity contribution in [2.24, 2.45) is 0 Å². The Morgan fingerprint density at radius 2 is 1.78 bits per heavy atom. The molecule has 0 aromatic heterocycles. The summed E-state index contributed by atoms with van der Waals surface area (Å²) in [5, 5.41) is 9.40. The summed E-state index contributed by atoms with van der Waals surface area (Å²) in [5.74, 6) is -1.77. The zero-order valence-corrected chi connectivity index (χ0v) is 21.4. The normalized spacial score (nSPS) is 17.3. The molecule has 1 aromatic carbocycles. The van der Waals surface area contributed by atoms with Crippen molar-refractivity contribution < 1.29 is 51.9 Å². The molecular weight excluding hydrogens is 529 g/mol. The van der Waals surface area contributed by atoms with E-state index in [9.17, 15) is 32.9 Å². The van der Waals surface area contributed by atoms with E-state index < -0.39 is 40.0 Å². The Balaban J connectivity index is 2.10. The second-order valence-electron chi connectivity index (χ2n) is 9.22. The van der Waals surface area contributed by atoms with Gasteiger partial charge in [-0.3, -0.25) is 0 Å². The van der Waals surface area contributed by atoms with E-state index in [1.807, 2.05) is 20.8 Å². The number of ether oxygens (including phenoxy) is 2. The first-order valence-electron chi connectivity index (χ1n) is 10.8. The fraction of sp³-hybridized carbons (Fsp3) is 0.545. The number of alkyl halides is 3. The summed E-state index contributed by atoms with van der Waals surface area (Å²) in [6, 6.07) is 2.75. The SMILES string of the molecule is CN(CCOC(=O)OOC(=O)C1=Cc2cc(Cl)c(C(C)(C)C)cc2OC1(C)C(F)(F)F)CCO[N+](=O)[O-]. The van der Waals surface area contributed by atoms with Gasteiger partial charge < -0.3 is 19.2 Å². The van der Waals surface area contributed by atoms with Crippen molar-refractivity contribution in [3.63, 3.8) is 0 Å². The highest BCUT2D eigenvalue weighted by Gasteiger charge is 2.60. The molecule has 0 aliphatic carbocycles. The van der Waals surface area contributed by atoms with Crippen LogP contribution >= 0.6 is 11.6 Å². The van der Waals surface area contributed by atoms with Gasteiger partial charge in [0.15, 0.2) is 0 Å². The molecule has 1 aliphatic rings. The Hall–Kier alpha value is -3.26. The van der Waals surface area contributed by atoms with E-state index in [0.29, 0.717) is 12.5 Å². The van der Waals surface area contributed by atoms with Crippen LogP contribution in [-0.2, 0) is 29.6 Å². The third-order valence-corrected chi connectivity index (χ3v) is 5.66. The van der Waals surface area contributed by atoms with Crippen LogP contribution < -0.4 is 4.74 Å². The standard InChI is InChI=1S/C22H26ClF3N2O9/c1-20(2,3)14-12-17-13(11-16(14)23)10-15(21(4,35-17)22(24,25)26)18(29)36-37-19(30)33-8-6-27(5)7-9-34-28(31)32/h10-12H,6-9H2,1-5H3. The van der Waals surface area contributed by atoms with Crippen LogP contribution in [0.25, 0.3) is 6.08 Å². The molecule has 1 aromatic rings. The number of rotatable bonds is 8. The molecule has 1 atom stereocenters. The lowest BCUT2D eigenvalue weighted by Gasteiger charge is -2.37. The molecular formula is C22H26ClF3N2O9. The van der Waals surface area contributed by atoms with Crippen LogP contribution in [0.2, 0.25) is 5.02 Å². The highest BCUT2D eigenvalue weighted by Crippen LogP contribution is 2.47. The molecule has 0 fully saturated rings. The molecule has 206 valence electrons. The maximum atomic E-state index is 14.0. The molecule has 0 bridgehead atoms. The number of nitrogens with zero attached hydrogens (tertiary/aromatic N) is 2. The summed E-state index contributed by atoms with van der Waals surface area (Å²) >= 11 is 6.30. The van der Waals surface area contributed by atoms with Gasteiger partial charge in [0.2, 0.25) is 5.60 Å². The molecule has 11 nitrogen and oxygen atoms in total. The van der Waals surface area contributed by atoms with Crippen LogP contribution in [0, 0.1) is 10.1 Å². The van der Waals surface area contributed by atoms with Gasteiger partial charge in [-0.1, -0.05) is 32.4 Å². The van der Waals surface area contributed by atoms with Crippen LogP contribution in [0.5, 0.6) is 5.75 Å². The highest BCUT2D eigenvalue weighted by molar-refractivity contribution is 6.31. The number of carbonyl (C=O) groups is 2. The molecule has 1 heterocycles. The summed E-state index contributed by atoms with van der Waals surface area (Å²) in [6.07, 6.45) is -5.64. The number of hydrogen-bond acceptors (Lipinski definition) is 10. The number of carbonyl (C=O) groups excluding carboxylic acids is 2. The smallest absolute Gasteiger partial charge is 0.472 e. The first-order chi connectivity index (χ1) is 17.0. The minimum atomic E-state index is -5.05. The topological polar surface area (TPSA) is 127 Å². The molecule has 0 saturated heterocycles. The van der Waals surface area contributed by atoms with Crippen molar-refractivity contribution in [1.29, 1.82) is 0 Å². The Labute approximate surface area is 215 Å². The van der Waals surface area contributed by atoms with E-state index in [0.717, 1.165) is 6.08 Å². The maximum Gasteiger partial charge on any atom is 0.549 e. The molecule has 2 rings (SSSR count). The number of fused-ring (bicyclic) bond motifs is 1. The van der Waals surface area contributed by atoms with Crippen molar-refractivity contribution in [1.82, 2.24) is 4.90 Å². The first-order valence-corrected chi connectivity index (χ1v) is 11.2. The minimum absolute atomic E-state index is 0.0957. The average molecular weight is 555 g/mol. The minimum Gasteiger partial charge on any atom is -0.472 e. The molecule has 15 heteroatoms. The number of hydrogen-bond donors (Lipinski definition) is 0. The summed E-state index contributed by atoms with van der Waals surface area (Å²) in [4.78, 5) is 48.5. The fourth-order valence-corrected chi connectivity index (χ4v) is 3.64. The quantitative estimate of drug-likeness (QED) is 0.196. The number of halogens is 4. The van der Waals surface area contributed by atoms with Crippen molar-refractivity contribution in [3.05, 3.63) is 44.0 Å². The van der Waals surface area contributed by atoms with Crippen molar-refractivity contribution in [3.8, 4) is 5.75 Å². The Morgan fingerprint density at radius 1 is 1.16 bits per heavy atom. The first kappa shape index (κ1) is 30.0. The van der Waals surface area contributed by atoms with Crippen LogP contribution in [0.15, 0.2) is 17.7 Å². The zero-order valence-electron chi connectivity index (χ0n) is 20.6. The Morgan fingerprint density at radius 3 is 2.35 bits per heavy atom. The van der Waals surface area contributed by atoms with E-state index in [1.165, 1.54) is 17.0 Å². The molecule has 0 radical (unpaired) electrons. The summed E-state index contributed by atoms with van der Waals surface area (Å²) in [5.41, 5.74) is -3.97. The number of likely N-dealkylation sites (N-methyl/N-ethyl adjacent to an activating group) is 1. The monoisotopic (exact) mass is 554 g/mol. The van der Waals surface area contributed by atoms with Crippen LogP contribution in [0.1, 0.15) is 38.8 Å². The maximum absolute atomic E-state index is 14.0. The second kappa shape index (κ2) is 11.4. The number of benzene rings is 1. The summed E-state index contributed by atoms with van der Waals surface area (Å²) < 4.78 is 52.0. The lowest BCUT2D eigenvalue weighted by molar-refractivity contribution is -0.757. The summed E-state index contributed by atoms with van der Waals surface area (Å²) in [6.45, 7) is 5.86. The molecule has 0 saturated carbocycles. The van der Waals surface area contributed by atoms with E-state index in [4.69, 9.17) is 16.3 Å². The van der Waals surface area contributed by atoms with Crippen molar-refractivity contribution in [2.45, 2.75) is 44.9 Å². The predicted molar refractivity (Wildman–Crippen MR) is 122 cm³/mol. The third kappa shape index (κ3) is 7.61. The van der Waals surface area contributed by atoms with Gasteiger partial charge in [0, 0.05) is 23.7 Å². The van der Waals surface area contributed by atoms with Crippen molar-refractivity contribution in [2.75, 3.05) is 33.4 Å². The molecule has 0 N–H and O–H groups in total. The molecule has 0 amide bonds. The third-order valence-electron chi connectivity index (χ3n) is 5.34. The molecule has 1 aliphatic heterocycles. The predicted octanol–water partition coefficient (Wildman–Crippen LogP) is 4.49. The van der Waals surface area contributed by atoms with Gasteiger partial charge >= 0.3 is 18.3 Å². The van der Waals surface area contributed by atoms with Gasteiger partial charge in [0.1, 0.15) is 19.0 Å². The van der Waals surface area contributed by atoms with Crippen LogP contribution in [0.4, 0.5) is 18.0 Å². The lowest BCUT2D eigenvalue weighted by Crippen LogP contribution is -2.52. The highest BCUT2D eigenvalue weighted by atomic mass is 35.5. The van der Waals surface area contributed by atoms with Crippen LogP contribution in [0.3, 0.4) is 0 Å². The Bertz CT molecular complexity index is 1070. The Kier molecular flexibility index (Phi) is 9.25. The van der Waals surface area contributed by atoms with Gasteiger partial charge in [-0.25, -0.2) is 14.6 Å². The van der Waals surface area contributed by atoms with E-state index in [1.54, 1.807) is 7.05 Å². The molecule has 1 unspecified atom stereocenters. The zero-order chi connectivity index (χ0) is 28.2. The average Bonchev–Trinajstić information content (AvgIpc) is 2.75. The summed E-state index contributed by atoms with van der Waals surface area (Å²) in [7, 11) is 1.56. The van der Waals surface area contributed by atoms with Gasteiger partial charge in [-0.05, 0) is 43.2 Å². The van der Waals surface area contributed by atoms with E-state index >= 15 is 0 Å². The van der Waals surface area contributed by atoms with Crippen molar-refractivity contribution >= 4 is 29.8 Å². The van der Waals surface area contributed by atoms with Gasteiger partial charge in [-0.15, -0.1) is 10.1 Å². The van der Waals surface area contributed by atoms with E-state index in [2.05, 4.69) is 19.3 Å². The fourth-order valence-electron chi connectivity index (χ4n) is 3.19. The van der Waals surface area contributed by atoms with Gasteiger partial charge in [-0.2, -0.15) is 18.0 Å². The lowest BCUT2D eigenvalue weighted by atomic mass is 9.84. The molecule has 0 spiro atoms. The second-order valence-corrected chi connectivity index (χ2v) is 9.63. The van der Waals surface area contributed by atoms with Crippen LogP contribution in [-0.4, -0.2) is 67.2 Å². The van der Waals surface area contributed by atoms with Gasteiger partial charge in [0.05, 0.1) is 5.57 Å². The largest absolute Gasteiger partial charge is 0.549 e. The van der Waals surface area contributed by atoms with Gasteiger partial charge in [0.25, 0.3) is 5.09 Å².